The Balaban J connectivity index is 4.59. The molecule has 0 heterocycles. The molecule has 0 bridgehead atoms. The first-order valence-corrected chi connectivity index (χ1v) is 7.93. The van der Waals surface area contributed by atoms with E-state index in [1.54, 1.807) is 0 Å². The van der Waals surface area contributed by atoms with Crippen molar-refractivity contribution in [3.63, 3.8) is 0 Å². The van der Waals surface area contributed by atoms with Gasteiger partial charge in [-0.3, -0.25) is 33.8 Å². The minimum Gasteiger partial charge on any atom is -0.481 e. The average molecular weight is 391 g/mol. The molecular formula is C14H25N5O8. The molecule has 8 N–H and O–H groups in total. The molecule has 1 unspecified atom stereocenters. The number of carboxylic acids is 3. The van der Waals surface area contributed by atoms with Gasteiger partial charge in [-0.2, -0.15) is 0 Å². The lowest BCUT2D eigenvalue weighted by Crippen LogP contribution is -2.49. The molecule has 0 aliphatic rings. The van der Waals surface area contributed by atoms with Crippen LogP contribution in [0.25, 0.3) is 0 Å². The number of hydrogen-bond acceptors (Lipinski definition) is 8. The Labute approximate surface area is 154 Å². The number of nitrogens with two attached hydrogens (primary N) is 2. The number of aliphatic carboxylic acids is 3. The molecule has 0 saturated carbocycles. The van der Waals surface area contributed by atoms with Crippen molar-refractivity contribution >= 4 is 29.7 Å². The van der Waals surface area contributed by atoms with E-state index in [2.05, 4.69) is 5.32 Å². The Hall–Kier alpha value is -2.77. The summed E-state index contributed by atoms with van der Waals surface area (Å²) in [4.78, 5) is 57.3. The van der Waals surface area contributed by atoms with Gasteiger partial charge in [-0.1, -0.05) is 0 Å². The molecule has 0 radical (unpaired) electrons. The van der Waals surface area contributed by atoms with Gasteiger partial charge in [-0.15, -0.1) is 0 Å². The molecule has 0 aromatic rings. The molecule has 13 heteroatoms. The van der Waals surface area contributed by atoms with Crippen LogP contribution in [0.2, 0.25) is 0 Å². The van der Waals surface area contributed by atoms with Crippen LogP contribution in [0.5, 0.6) is 0 Å². The molecule has 0 aliphatic carbocycles. The number of primary amides is 2. The van der Waals surface area contributed by atoms with E-state index in [1.165, 1.54) is 4.90 Å². The van der Waals surface area contributed by atoms with Crippen molar-refractivity contribution < 1.29 is 39.3 Å². The summed E-state index contributed by atoms with van der Waals surface area (Å²) < 4.78 is 0. The summed E-state index contributed by atoms with van der Waals surface area (Å²) in [7, 11) is 0. The highest BCUT2D eigenvalue weighted by Crippen LogP contribution is 2.05. The molecule has 27 heavy (non-hydrogen) atoms. The predicted molar refractivity (Wildman–Crippen MR) is 90.6 cm³/mol. The summed E-state index contributed by atoms with van der Waals surface area (Å²) in [5.74, 6) is -5.34. The summed E-state index contributed by atoms with van der Waals surface area (Å²) in [5, 5.41) is 29.6. The Morgan fingerprint density at radius 1 is 0.815 bits per heavy atom. The summed E-state index contributed by atoms with van der Waals surface area (Å²) in [6.45, 7) is -0.418. The lowest BCUT2D eigenvalue weighted by molar-refractivity contribution is -0.150. The molecule has 0 saturated heterocycles. The van der Waals surface area contributed by atoms with Gasteiger partial charge >= 0.3 is 17.9 Å². The summed E-state index contributed by atoms with van der Waals surface area (Å²) in [6, 6.07) is -1.42. The van der Waals surface area contributed by atoms with Gasteiger partial charge in [-0.25, -0.2) is 0 Å². The fourth-order valence-electron chi connectivity index (χ4n) is 2.29. The van der Waals surface area contributed by atoms with Gasteiger partial charge in [0.1, 0.15) is 6.04 Å². The van der Waals surface area contributed by atoms with Crippen LogP contribution >= 0.6 is 0 Å². The van der Waals surface area contributed by atoms with Crippen LogP contribution in [-0.4, -0.2) is 107 Å². The van der Waals surface area contributed by atoms with Gasteiger partial charge in [0.25, 0.3) is 0 Å². The Morgan fingerprint density at radius 2 is 1.37 bits per heavy atom. The second kappa shape index (κ2) is 12.6. The standard InChI is InChI=1S/C14H25N5O8/c15-10(20)6-18(8-13(24)25)3-1-17-2-4-19(7-11(16)21)9(14(26)27)5-12(22)23/h9,17H,1-8H2,(H2,15,20)(H2,16,21)(H,22,23)(H,24,25)(H,26,27). The first-order valence-electron chi connectivity index (χ1n) is 7.93. The SMILES string of the molecule is NC(=O)CN(CCNCCN(CC(N)=O)C(CC(=O)O)C(=O)O)CC(=O)O. The summed E-state index contributed by atoms with van der Waals surface area (Å²) in [5.41, 5.74) is 10.1. The Kier molecular flexibility index (Phi) is 11.3. The quantitative estimate of drug-likeness (QED) is 0.140. The maximum absolute atomic E-state index is 11.3. The van der Waals surface area contributed by atoms with Crippen LogP contribution in [-0.2, 0) is 24.0 Å². The van der Waals surface area contributed by atoms with E-state index in [-0.39, 0.29) is 39.3 Å². The maximum Gasteiger partial charge on any atom is 0.321 e. The second-order valence-electron chi connectivity index (χ2n) is 5.71. The molecule has 0 spiro atoms. The number of nitrogens with one attached hydrogen (secondary N) is 1. The first kappa shape index (κ1) is 24.2. The first-order chi connectivity index (χ1) is 12.5. The van der Waals surface area contributed by atoms with Crippen molar-refractivity contribution in [1.29, 1.82) is 0 Å². The van der Waals surface area contributed by atoms with Gasteiger partial charge < -0.3 is 32.1 Å². The van der Waals surface area contributed by atoms with Crippen LogP contribution in [0.15, 0.2) is 0 Å². The van der Waals surface area contributed by atoms with E-state index < -0.39 is 48.7 Å². The number of amides is 2. The molecule has 0 fully saturated rings. The third-order valence-corrected chi connectivity index (χ3v) is 3.37. The number of carbonyl (C=O) groups is 5. The highest BCUT2D eigenvalue weighted by atomic mass is 16.4. The minimum atomic E-state index is -1.42. The van der Waals surface area contributed by atoms with Crippen molar-refractivity contribution in [2.45, 2.75) is 12.5 Å². The predicted octanol–water partition coefficient (Wildman–Crippen LogP) is -3.84. The molecule has 1 atom stereocenters. The normalized spacial score (nSPS) is 12.1. The van der Waals surface area contributed by atoms with Gasteiger partial charge in [-0.05, 0) is 0 Å². The van der Waals surface area contributed by atoms with Gasteiger partial charge in [0, 0.05) is 26.2 Å². The smallest absolute Gasteiger partial charge is 0.321 e. The van der Waals surface area contributed by atoms with Crippen LogP contribution in [0.3, 0.4) is 0 Å². The summed E-state index contributed by atoms with van der Waals surface area (Å²) >= 11 is 0. The van der Waals surface area contributed by atoms with Crippen molar-refractivity contribution in [2.24, 2.45) is 11.5 Å². The fourth-order valence-corrected chi connectivity index (χ4v) is 2.29. The number of carbonyl (C=O) groups excluding carboxylic acids is 2. The number of hydrogen-bond donors (Lipinski definition) is 6. The number of rotatable bonds is 16. The van der Waals surface area contributed by atoms with Crippen molar-refractivity contribution in [3.05, 3.63) is 0 Å². The van der Waals surface area contributed by atoms with Crippen LogP contribution in [0.1, 0.15) is 6.42 Å². The van der Waals surface area contributed by atoms with E-state index >= 15 is 0 Å². The molecular weight excluding hydrogens is 366 g/mol. The molecule has 154 valence electrons. The summed E-state index contributed by atoms with van der Waals surface area (Å²) in [6.07, 6.45) is -0.701. The van der Waals surface area contributed by atoms with E-state index in [4.69, 9.17) is 26.8 Å². The molecule has 13 nitrogen and oxygen atoms in total. The van der Waals surface area contributed by atoms with Crippen molar-refractivity contribution in [2.75, 3.05) is 45.8 Å². The lowest BCUT2D eigenvalue weighted by atomic mass is 10.1. The minimum absolute atomic E-state index is 0.0158. The molecule has 0 aromatic carbocycles. The topological polar surface area (TPSA) is 217 Å². The molecule has 2 amide bonds. The highest BCUT2D eigenvalue weighted by Gasteiger charge is 2.28. The third-order valence-electron chi connectivity index (χ3n) is 3.37. The molecule has 0 aliphatic heterocycles. The second-order valence-corrected chi connectivity index (χ2v) is 5.71. The van der Waals surface area contributed by atoms with E-state index in [1.807, 2.05) is 0 Å². The number of carboxylic acid groups (broad SMARTS) is 3. The highest BCUT2D eigenvalue weighted by molar-refractivity contribution is 5.82. The Bertz CT molecular complexity index is 540. The third kappa shape index (κ3) is 12.3. The monoisotopic (exact) mass is 391 g/mol. The molecule has 0 aromatic heterocycles. The zero-order chi connectivity index (χ0) is 21.0. The molecule has 0 rings (SSSR count). The van der Waals surface area contributed by atoms with Gasteiger partial charge in [0.15, 0.2) is 0 Å². The van der Waals surface area contributed by atoms with Gasteiger partial charge in [0.05, 0.1) is 26.1 Å². The van der Waals surface area contributed by atoms with Crippen molar-refractivity contribution in [3.8, 4) is 0 Å². The fraction of sp³-hybridized carbons (Fsp3) is 0.643. The Morgan fingerprint density at radius 3 is 1.81 bits per heavy atom. The average Bonchev–Trinajstić information content (AvgIpc) is 2.49. The van der Waals surface area contributed by atoms with Crippen LogP contribution in [0, 0.1) is 0 Å². The van der Waals surface area contributed by atoms with Crippen LogP contribution in [0.4, 0.5) is 0 Å². The van der Waals surface area contributed by atoms with Crippen LogP contribution < -0.4 is 16.8 Å². The van der Waals surface area contributed by atoms with Crippen molar-refractivity contribution in [1.82, 2.24) is 15.1 Å². The lowest BCUT2D eigenvalue weighted by Gasteiger charge is -2.27. The number of nitrogens with zero attached hydrogens (tertiary/aromatic N) is 2. The largest absolute Gasteiger partial charge is 0.481 e. The van der Waals surface area contributed by atoms with Gasteiger partial charge in [0.2, 0.25) is 11.8 Å². The maximum atomic E-state index is 11.3. The zero-order valence-corrected chi connectivity index (χ0v) is 14.7. The van der Waals surface area contributed by atoms with E-state index in [0.29, 0.717) is 0 Å². The van der Waals surface area contributed by atoms with E-state index in [9.17, 15) is 24.0 Å². The van der Waals surface area contributed by atoms with E-state index in [0.717, 1.165) is 4.90 Å². The zero-order valence-electron chi connectivity index (χ0n) is 14.7.